The number of halogens is 1. The molecule has 0 saturated carbocycles. The number of rotatable bonds is 1. The molecule has 70 valence electrons. The molecule has 0 saturated heterocycles. The summed E-state index contributed by atoms with van der Waals surface area (Å²) in [6.45, 7) is 2.09. The highest BCUT2D eigenvalue weighted by molar-refractivity contribution is 9.10. The van der Waals surface area contributed by atoms with Gasteiger partial charge in [-0.1, -0.05) is 28.1 Å². The van der Waals surface area contributed by atoms with Crippen LogP contribution in [0.4, 0.5) is 0 Å². The van der Waals surface area contributed by atoms with Gasteiger partial charge in [0.25, 0.3) is 0 Å². The third-order valence-electron chi connectivity index (χ3n) is 2.13. The standard InChI is InChI=1S/C12H10BrN/c1-9-8-10(13)5-6-11(9)12-4-2-3-7-14-12/h2-8H,1H3. The molecule has 14 heavy (non-hydrogen) atoms. The predicted molar refractivity (Wildman–Crippen MR) is 62.1 cm³/mol. The summed E-state index contributed by atoms with van der Waals surface area (Å²) in [5, 5.41) is 0. The number of nitrogens with zero attached hydrogens (tertiary/aromatic N) is 1. The molecule has 0 spiro atoms. The van der Waals surface area contributed by atoms with Crippen molar-refractivity contribution in [2.24, 2.45) is 0 Å². The monoisotopic (exact) mass is 247 g/mol. The van der Waals surface area contributed by atoms with E-state index >= 15 is 0 Å². The van der Waals surface area contributed by atoms with Crippen molar-refractivity contribution in [1.82, 2.24) is 4.98 Å². The van der Waals surface area contributed by atoms with E-state index in [-0.39, 0.29) is 0 Å². The molecule has 0 aliphatic heterocycles. The molecule has 1 aromatic heterocycles. The molecule has 0 unspecified atom stereocenters. The molecule has 1 heterocycles. The van der Waals surface area contributed by atoms with Gasteiger partial charge in [0.1, 0.15) is 0 Å². The highest BCUT2D eigenvalue weighted by atomic mass is 79.9. The van der Waals surface area contributed by atoms with Crippen molar-refractivity contribution in [2.45, 2.75) is 6.92 Å². The Morgan fingerprint density at radius 1 is 1.14 bits per heavy atom. The van der Waals surface area contributed by atoms with Crippen LogP contribution >= 0.6 is 15.9 Å². The average molecular weight is 248 g/mol. The van der Waals surface area contributed by atoms with Crippen LogP contribution in [0.3, 0.4) is 0 Å². The van der Waals surface area contributed by atoms with Crippen molar-refractivity contribution in [3.63, 3.8) is 0 Å². The van der Waals surface area contributed by atoms with Gasteiger partial charge in [-0.3, -0.25) is 4.98 Å². The zero-order valence-electron chi connectivity index (χ0n) is 7.87. The van der Waals surface area contributed by atoms with Gasteiger partial charge in [0.2, 0.25) is 0 Å². The molecule has 1 aromatic carbocycles. The predicted octanol–water partition coefficient (Wildman–Crippen LogP) is 3.82. The summed E-state index contributed by atoms with van der Waals surface area (Å²) in [5.74, 6) is 0. The Labute approximate surface area is 91.9 Å². The fourth-order valence-corrected chi connectivity index (χ4v) is 1.91. The van der Waals surface area contributed by atoms with Gasteiger partial charge in [0.05, 0.1) is 5.69 Å². The van der Waals surface area contributed by atoms with E-state index in [0.29, 0.717) is 0 Å². The van der Waals surface area contributed by atoms with Crippen LogP contribution in [0.5, 0.6) is 0 Å². The topological polar surface area (TPSA) is 12.9 Å². The fourth-order valence-electron chi connectivity index (χ4n) is 1.44. The van der Waals surface area contributed by atoms with Gasteiger partial charge >= 0.3 is 0 Å². The van der Waals surface area contributed by atoms with Gasteiger partial charge in [-0.25, -0.2) is 0 Å². The Morgan fingerprint density at radius 2 is 2.00 bits per heavy atom. The van der Waals surface area contributed by atoms with Gasteiger partial charge < -0.3 is 0 Å². The lowest BCUT2D eigenvalue weighted by Crippen LogP contribution is -1.85. The molecule has 0 amide bonds. The molecule has 0 aliphatic rings. The smallest absolute Gasteiger partial charge is 0.0704 e. The van der Waals surface area contributed by atoms with Crippen LogP contribution in [0.1, 0.15) is 5.56 Å². The first-order valence-electron chi connectivity index (χ1n) is 4.45. The van der Waals surface area contributed by atoms with Crippen molar-refractivity contribution in [1.29, 1.82) is 0 Å². The average Bonchev–Trinajstić information content (AvgIpc) is 2.19. The van der Waals surface area contributed by atoms with Crippen molar-refractivity contribution in [3.8, 4) is 11.3 Å². The minimum Gasteiger partial charge on any atom is -0.256 e. The maximum absolute atomic E-state index is 4.32. The van der Waals surface area contributed by atoms with Crippen molar-refractivity contribution < 1.29 is 0 Å². The number of aryl methyl sites for hydroxylation is 1. The molecular formula is C12H10BrN. The Balaban J connectivity index is 2.53. The van der Waals surface area contributed by atoms with E-state index in [2.05, 4.69) is 40.0 Å². The zero-order chi connectivity index (χ0) is 9.97. The molecule has 0 radical (unpaired) electrons. The van der Waals surface area contributed by atoms with Gasteiger partial charge in [-0.05, 0) is 36.8 Å². The second-order valence-corrected chi connectivity index (χ2v) is 4.09. The SMILES string of the molecule is Cc1cc(Br)ccc1-c1ccccn1. The quantitative estimate of drug-likeness (QED) is 0.747. The largest absolute Gasteiger partial charge is 0.256 e. The number of hydrogen-bond donors (Lipinski definition) is 0. The van der Waals surface area contributed by atoms with Crippen LogP contribution in [0.15, 0.2) is 47.1 Å². The number of hydrogen-bond acceptors (Lipinski definition) is 1. The summed E-state index contributed by atoms with van der Waals surface area (Å²) < 4.78 is 1.11. The Bertz CT molecular complexity index is 437. The maximum Gasteiger partial charge on any atom is 0.0704 e. The summed E-state index contributed by atoms with van der Waals surface area (Å²) in [6.07, 6.45) is 1.82. The second-order valence-electron chi connectivity index (χ2n) is 3.17. The first-order valence-corrected chi connectivity index (χ1v) is 5.24. The van der Waals surface area contributed by atoms with Gasteiger partial charge in [-0.2, -0.15) is 0 Å². The molecule has 0 bridgehead atoms. The first-order chi connectivity index (χ1) is 6.77. The molecule has 1 nitrogen and oxygen atoms in total. The maximum atomic E-state index is 4.32. The highest BCUT2D eigenvalue weighted by Crippen LogP contribution is 2.23. The lowest BCUT2D eigenvalue weighted by molar-refractivity contribution is 1.30. The van der Waals surface area contributed by atoms with E-state index in [9.17, 15) is 0 Å². The van der Waals surface area contributed by atoms with E-state index in [1.807, 2.05) is 30.5 Å². The third-order valence-corrected chi connectivity index (χ3v) is 2.62. The zero-order valence-corrected chi connectivity index (χ0v) is 9.45. The van der Waals surface area contributed by atoms with Crippen LogP contribution in [0.2, 0.25) is 0 Å². The minimum atomic E-state index is 1.03. The van der Waals surface area contributed by atoms with Crippen LogP contribution in [0.25, 0.3) is 11.3 Å². The van der Waals surface area contributed by atoms with Crippen molar-refractivity contribution in [2.75, 3.05) is 0 Å². The first kappa shape index (κ1) is 9.41. The normalized spacial score (nSPS) is 10.1. The lowest BCUT2D eigenvalue weighted by atomic mass is 10.1. The molecule has 2 heteroatoms. The molecule has 0 atom stereocenters. The molecule has 0 N–H and O–H groups in total. The van der Waals surface area contributed by atoms with Crippen molar-refractivity contribution in [3.05, 3.63) is 52.6 Å². The Kier molecular flexibility index (Phi) is 2.64. The summed E-state index contributed by atoms with van der Waals surface area (Å²) in [6, 6.07) is 12.2. The number of pyridine rings is 1. The van der Waals surface area contributed by atoms with Crippen LogP contribution in [-0.2, 0) is 0 Å². The summed E-state index contributed by atoms with van der Waals surface area (Å²) in [7, 11) is 0. The highest BCUT2D eigenvalue weighted by Gasteiger charge is 2.01. The fraction of sp³-hybridized carbons (Fsp3) is 0.0833. The van der Waals surface area contributed by atoms with Gasteiger partial charge in [0.15, 0.2) is 0 Å². The lowest BCUT2D eigenvalue weighted by Gasteiger charge is -2.04. The van der Waals surface area contributed by atoms with Crippen LogP contribution in [-0.4, -0.2) is 4.98 Å². The van der Waals surface area contributed by atoms with Crippen molar-refractivity contribution >= 4 is 15.9 Å². The number of benzene rings is 1. The van der Waals surface area contributed by atoms with Crippen LogP contribution < -0.4 is 0 Å². The summed E-state index contributed by atoms with van der Waals surface area (Å²) in [4.78, 5) is 4.32. The third kappa shape index (κ3) is 1.85. The Hall–Kier alpha value is -1.15. The van der Waals surface area contributed by atoms with E-state index in [0.717, 1.165) is 10.2 Å². The molecule has 0 fully saturated rings. The molecule has 2 aromatic rings. The van der Waals surface area contributed by atoms with Gasteiger partial charge in [-0.15, -0.1) is 0 Å². The number of aromatic nitrogens is 1. The van der Waals surface area contributed by atoms with Gasteiger partial charge in [0, 0.05) is 16.2 Å². The molecule has 0 aliphatic carbocycles. The Morgan fingerprint density at radius 3 is 2.64 bits per heavy atom. The summed E-state index contributed by atoms with van der Waals surface area (Å²) in [5.41, 5.74) is 3.45. The molecular weight excluding hydrogens is 238 g/mol. The van der Waals surface area contributed by atoms with E-state index < -0.39 is 0 Å². The molecule has 2 rings (SSSR count). The van der Waals surface area contributed by atoms with E-state index in [1.54, 1.807) is 0 Å². The van der Waals surface area contributed by atoms with E-state index in [1.165, 1.54) is 11.1 Å². The van der Waals surface area contributed by atoms with E-state index in [4.69, 9.17) is 0 Å². The minimum absolute atomic E-state index is 1.03. The summed E-state index contributed by atoms with van der Waals surface area (Å²) >= 11 is 3.45. The van der Waals surface area contributed by atoms with Crippen LogP contribution in [0, 0.1) is 6.92 Å². The second kappa shape index (κ2) is 3.93.